The standard InChI is InChI=1S/C25H33N5O3/c1-33-22-11-9-21(10-12-22)30(25(32)20-4-2-3-19(13-20)24(27)28)16-23(31)29-15-18-7-5-17(14-26)6-8-18/h2-4,9-13,17-18H,5-8,14-16,26H2,1H3,(H3,27,28)(H,29,31). The number of hydrogen-bond donors (Lipinski definition) is 4. The molecule has 0 aromatic heterocycles. The van der Waals surface area contributed by atoms with Gasteiger partial charge in [-0.25, -0.2) is 0 Å². The van der Waals surface area contributed by atoms with Gasteiger partial charge in [0.25, 0.3) is 5.91 Å². The maximum atomic E-state index is 13.4. The highest BCUT2D eigenvalue weighted by Crippen LogP contribution is 2.27. The van der Waals surface area contributed by atoms with Gasteiger partial charge in [-0.3, -0.25) is 19.9 Å². The Morgan fingerprint density at radius 3 is 2.30 bits per heavy atom. The van der Waals surface area contributed by atoms with Crippen LogP contribution in [0, 0.1) is 17.2 Å². The summed E-state index contributed by atoms with van der Waals surface area (Å²) in [6.45, 7) is 1.21. The van der Waals surface area contributed by atoms with Crippen molar-refractivity contribution in [1.29, 1.82) is 5.41 Å². The first-order valence-electron chi connectivity index (χ1n) is 11.3. The zero-order valence-electron chi connectivity index (χ0n) is 19.0. The molecule has 1 fully saturated rings. The lowest BCUT2D eigenvalue weighted by Crippen LogP contribution is -2.42. The van der Waals surface area contributed by atoms with Crippen molar-refractivity contribution in [3.05, 3.63) is 59.7 Å². The van der Waals surface area contributed by atoms with Crippen LogP contribution in [0.4, 0.5) is 5.69 Å². The van der Waals surface area contributed by atoms with Crippen LogP contribution in [0.2, 0.25) is 0 Å². The molecule has 2 aromatic carbocycles. The molecule has 0 bridgehead atoms. The molecule has 6 N–H and O–H groups in total. The number of nitrogen functional groups attached to an aromatic ring is 1. The van der Waals surface area contributed by atoms with E-state index in [0.717, 1.165) is 32.2 Å². The Kier molecular flexibility index (Phi) is 8.43. The second-order valence-corrected chi connectivity index (χ2v) is 8.51. The maximum absolute atomic E-state index is 13.4. The van der Waals surface area contributed by atoms with Gasteiger partial charge in [-0.1, -0.05) is 12.1 Å². The number of nitrogens with one attached hydrogen (secondary N) is 2. The van der Waals surface area contributed by atoms with Gasteiger partial charge in [0, 0.05) is 23.4 Å². The van der Waals surface area contributed by atoms with Crippen LogP contribution in [-0.4, -0.2) is 44.4 Å². The number of benzene rings is 2. The summed E-state index contributed by atoms with van der Waals surface area (Å²) in [5.41, 5.74) is 12.7. The normalized spacial score (nSPS) is 17.8. The molecule has 0 saturated heterocycles. The van der Waals surface area contributed by atoms with Crippen molar-refractivity contribution in [3.8, 4) is 5.75 Å². The van der Waals surface area contributed by atoms with Gasteiger partial charge in [0.05, 0.1) is 7.11 Å². The van der Waals surface area contributed by atoms with Crippen LogP contribution >= 0.6 is 0 Å². The van der Waals surface area contributed by atoms with E-state index in [1.54, 1.807) is 55.6 Å². The Hall–Kier alpha value is -3.39. The van der Waals surface area contributed by atoms with Gasteiger partial charge >= 0.3 is 0 Å². The van der Waals surface area contributed by atoms with E-state index in [9.17, 15) is 9.59 Å². The molecule has 0 radical (unpaired) electrons. The van der Waals surface area contributed by atoms with E-state index in [4.69, 9.17) is 21.6 Å². The lowest BCUT2D eigenvalue weighted by molar-refractivity contribution is -0.120. The molecule has 0 spiro atoms. The van der Waals surface area contributed by atoms with E-state index in [0.29, 0.717) is 40.9 Å². The zero-order chi connectivity index (χ0) is 23.8. The molecular weight excluding hydrogens is 418 g/mol. The fourth-order valence-corrected chi connectivity index (χ4v) is 4.15. The van der Waals surface area contributed by atoms with Crippen molar-refractivity contribution >= 4 is 23.3 Å². The lowest BCUT2D eigenvalue weighted by atomic mass is 9.82. The predicted molar refractivity (Wildman–Crippen MR) is 130 cm³/mol. The number of amides is 2. The monoisotopic (exact) mass is 451 g/mol. The van der Waals surface area contributed by atoms with Gasteiger partial charge in [0.15, 0.2) is 0 Å². The number of rotatable bonds is 9. The van der Waals surface area contributed by atoms with Gasteiger partial charge < -0.3 is 21.5 Å². The van der Waals surface area contributed by atoms with Crippen molar-refractivity contribution < 1.29 is 14.3 Å². The minimum Gasteiger partial charge on any atom is -0.497 e. The van der Waals surface area contributed by atoms with Crippen LogP contribution < -0.4 is 26.4 Å². The van der Waals surface area contributed by atoms with Crippen molar-refractivity contribution in [2.75, 3.05) is 31.6 Å². The second kappa shape index (κ2) is 11.5. The van der Waals surface area contributed by atoms with E-state index in [2.05, 4.69) is 5.32 Å². The molecule has 1 aliphatic carbocycles. The highest BCUT2D eigenvalue weighted by Gasteiger charge is 2.24. The first-order valence-corrected chi connectivity index (χ1v) is 11.3. The summed E-state index contributed by atoms with van der Waals surface area (Å²) in [6.07, 6.45) is 4.31. The summed E-state index contributed by atoms with van der Waals surface area (Å²) in [4.78, 5) is 27.6. The molecular formula is C25H33N5O3. The molecule has 8 nitrogen and oxygen atoms in total. The molecule has 3 rings (SSSR count). The number of methoxy groups -OCH3 is 1. The Balaban J connectivity index is 1.73. The molecule has 0 atom stereocenters. The van der Waals surface area contributed by atoms with Crippen molar-refractivity contribution in [1.82, 2.24) is 5.32 Å². The number of nitrogens with zero attached hydrogens (tertiary/aromatic N) is 1. The summed E-state index contributed by atoms with van der Waals surface area (Å²) < 4.78 is 5.21. The van der Waals surface area contributed by atoms with Crippen LogP contribution in [0.1, 0.15) is 41.6 Å². The molecule has 0 unspecified atom stereocenters. The molecule has 1 aliphatic rings. The number of anilines is 1. The summed E-state index contributed by atoms with van der Waals surface area (Å²) in [7, 11) is 1.57. The third kappa shape index (κ3) is 6.55. The van der Waals surface area contributed by atoms with Crippen LogP contribution in [0.5, 0.6) is 5.75 Å². The Bertz CT molecular complexity index is 968. The fraction of sp³-hybridized carbons (Fsp3) is 0.400. The molecule has 2 amide bonds. The van der Waals surface area contributed by atoms with E-state index in [1.165, 1.54) is 4.90 Å². The lowest BCUT2D eigenvalue weighted by Gasteiger charge is -2.28. The molecule has 0 aliphatic heterocycles. The van der Waals surface area contributed by atoms with E-state index < -0.39 is 0 Å². The first kappa shape index (κ1) is 24.3. The van der Waals surface area contributed by atoms with Gasteiger partial charge in [-0.2, -0.15) is 0 Å². The molecule has 8 heteroatoms. The van der Waals surface area contributed by atoms with E-state index in [-0.39, 0.29) is 24.2 Å². The number of amidine groups is 1. The fourth-order valence-electron chi connectivity index (χ4n) is 4.15. The Morgan fingerprint density at radius 1 is 1.06 bits per heavy atom. The first-order chi connectivity index (χ1) is 15.9. The van der Waals surface area contributed by atoms with Crippen LogP contribution in [-0.2, 0) is 4.79 Å². The van der Waals surface area contributed by atoms with Gasteiger partial charge in [-0.05, 0) is 80.5 Å². The molecule has 33 heavy (non-hydrogen) atoms. The van der Waals surface area contributed by atoms with Crippen LogP contribution in [0.15, 0.2) is 48.5 Å². The number of carbonyl (C=O) groups is 2. The second-order valence-electron chi connectivity index (χ2n) is 8.51. The summed E-state index contributed by atoms with van der Waals surface area (Å²) in [5, 5.41) is 10.6. The van der Waals surface area contributed by atoms with Crippen LogP contribution in [0.3, 0.4) is 0 Å². The topological polar surface area (TPSA) is 135 Å². The Labute approximate surface area is 194 Å². The largest absolute Gasteiger partial charge is 0.497 e. The third-order valence-electron chi connectivity index (χ3n) is 6.24. The number of ether oxygens (including phenoxy) is 1. The number of carbonyl (C=O) groups excluding carboxylic acids is 2. The SMILES string of the molecule is COc1ccc(N(CC(=O)NCC2CCC(CN)CC2)C(=O)c2cccc(C(=N)N)c2)cc1. The molecule has 176 valence electrons. The quantitative estimate of drug-likeness (QED) is 0.343. The van der Waals surface area contributed by atoms with Crippen molar-refractivity contribution in [2.24, 2.45) is 23.3 Å². The van der Waals surface area contributed by atoms with Crippen molar-refractivity contribution in [3.63, 3.8) is 0 Å². The minimum absolute atomic E-state index is 0.117. The van der Waals surface area contributed by atoms with Gasteiger partial charge in [0.1, 0.15) is 18.1 Å². The summed E-state index contributed by atoms with van der Waals surface area (Å²) in [5.74, 6) is 0.995. The highest BCUT2D eigenvalue weighted by molar-refractivity contribution is 6.10. The average molecular weight is 452 g/mol. The van der Waals surface area contributed by atoms with E-state index >= 15 is 0 Å². The van der Waals surface area contributed by atoms with E-state index in [1.807, 2.05) is 0 Å². The smallest absolute Gasteiger partial charge is 0.258 e. The minimum atomic E-state index is -0.345. The third-order valence-corrected chi connectivity index (χ3v) is 6.24. The van der Waals surface area contributed by atoms with Gasteiger partial charge in [-0.15, -0.1) is 0 Å². The number of hydrogen-bond acceptors (Lipinski definition) is 5. The zero-order valence-corrected chi connectivity index (χ0v) is 19.0. The highest BCUT2D eigenvalue weighted by atomic mass is 16.5. The summed E-state index contributed by atoms with van der Waals surface area (Å²) >= 11 is 0. The summed E-state index contributed by atoms with van der Waals surface area (Å²) in [6, 6.07) is 13.5. The molecule has 1 saturated carbocycles. The van der Waals surface area contributed by atoms with Crippen LogP contribution in [0.25, 0.3) is 0 Å². The average Bonchev–Trinajstić information content (AvgIpc) is 2.86. The van der Waals surface area contributed by atoms with Crippen molar-refractivity contribution in [2.45, 2.75) is 25.7 Å². The number of nitrogens with two attached hydrogens (primary N) is 2. The maximum Gasteiger partial charge on any atom is 0.258 e. The molecule has 2 aromatic rings. The molecule has 0 heterocycles. The van der Waals surface area contributed by atoms with Gasteiger partial charge in [0.2, 0.25) is 5.91 Å². The Morgan fingerprint density at radius 2 is 1.70 bits per heavy atom. The predicted octanol–water partition coefficient (Wildman–Crippen LogP) is 2.51.